The maximum Gasteiger partial charge on any atom is 0.398 e. The van der Waals surface area contributed by atoms with E-state index in [0.29, 0.717) is 27.5 Å². The summed E-state index contributed by atoms with van der Waals surface area (Å²) in [7, 11) is 0. The van der Waals surface area contributed by atoms with Crippen molar-refractivity contribution in [3.05, 3.63) is 60.4 Å². The molecule has 0 aliphatic heterocycles. The molecule has 0 fully saturated rings. The average molecular weight is 439 g/mol. The Morgan fingerprint density at radius 1 is 1.10 bits per heavy atom. The Bertz CT molecular complexity index is 974. The molecule has 3 aromatic rings. The first kappa shape index (κ1) is 21.3. The highest BCUT2D eigenvalue weighted by Gasteiger charge is 2.27. The second-order valence-corrected chi connectivity index (χ2v) is 8.02. The van der Waals surface area contributed by atoms with Crippen molar-refractivity contribution in [1.82, 2.24) is 14.8 Å². The normalized spacial score (nSPS) is 11.4. The van der Waals surface area contributed by atoms with E-state index >= 15 is 0 Å². The predicted molar refractivity (Wildman–Crippen MR) is 109 cm³/mol. The lowest BCUT2D eigenvalue weighted by atomic mass is 10.2. The molecule has 1 heterocycles. The molecule has 1 N–H and O–H groups in total. The van der Waals surface area contributed by atoms with Crippen molar-refractivity contribution in [1.29, 1.82) is 0 Å². The molecule has 0 radical (unpaired) electrons. The summed E-state index contributed by atoms with van der Waals surface area (Å²) >= 11 is 1.83. The molecule has 1 aromatic heterocycles. The molecule has 1 amide bonds. The van der Waals surface area contributed by atoms with Gasteiger partial charge in [-0.15, -0.1) is 22.0 Å². The van der Waals surface area contributed by atoms with Crippen LogP contribution in [0.25, 0.3) is 5.69 Å². The summed E-state index contributed by atoms with van der Waals surface area (Å²) in [4.78, 5) is 12.7. The van der Waals surface area contributed by atoms with Crippen LogP contribution in [0.2, 0.25) is 0 Å². The van der Waals surface area contributed by atoms with Gasteiger partial charge in [-0.3, -0.25) is 9.36 Å². The van der Waals surface area contributed by atoms with E-state index in [9.17, 15) is 18.0 Å². The average Bonchev–Trinajstić information content (AvgIpc) is 3.14. The van der Waals surface area contributed by atoms with Crippen molar-refractivity contribution in [2.45, 2.75) is 23.2 Å². The van der Waals surface area contributed by atoms with Crippen LogP contribution in [0.5, 0.6) is 0 Å². The molecule has 0 unspecified atom stereocenters. The summed E-state index contributed by atoms with van der Waals surface area (Å²) in [5.74, 6) is -1.31. The number of aryl methyl sites for hydroxylation is 1. The highest BCUT2D eigenvalue weighted by molar-refractivity contribution is 8.00. The zero-order chi connectivity index (χ0) is 20.9. The van der Waals surface area contributed by atoms with E-state index in [2.05, 4.69) is 15.5 Å². The molecule has 0 bridgehead atoms. The van der Waals surface area contributed by atoms with Crippen molar-refractivity contribution >= 4 is 35.1 Å². The number of thioether (sulfide) groups is 2. The maximum absolute atomic E-state index is 12.5. The van der Waals surface area contributed by atoms with Crippen molar-refractivity contribution in [3.63, 3.8) is 0 Å². The van der Waals surface area contributed by atoms with E-state index in [1.165, 1.54) is 11.8 Å². The van der Waals surface area contributed by atoms with E-state index in [1.54, 1.807) is 35.2 Å². The third-order valence-electron chi connectivity index (χ3n) is 3.71. The number of halogens is 3. The van der Waals surface area contributed by atoms with Gasteiger partial charge in [-0.25, -0.2) is 0 Å². The third-order valence-corrected chi connectivity index (χ3v) is 5.80. The minimum atomic E-state index is -4.28. The van der Waals surface area contributed by atoms with Gasteiger partial charge in [-0.05, 0) is 31.2 Å². The number of rotatable bonds is 7. The minimum absolute atomic E-state index is 0.0445. The Morgan fingerprint density at radius 3 is 2.55 bits per heavy atom. The number of carbonyl (C=O) groups excluding carboxylic acids is 1. The molecular formula is C19H17F3N4OS2. The van der Waals surface area contributed by atoms with E-state index in [0.717, 1.165) is 11.3 Å². The lowest BCUT2D eigenvalue weighted by Gasteiger charge is -2.12. The van der Waals surface area contributed by atoms with Gasteiger partial charge >= 0.3 is 6.18 Å². The lowest BCUT2D eigenvalue weighted by Crippen LogP contribution is -2.16. The van der Waals surface area contributed by atoms with Crippen LogP contribution < -0.4 is 5.32 Å². The van der Waals surface area contributed by atoms with Crippen LogP contribution in [0.15, 0.2) is 64.9 Å². The summed E-state index contributed by atoms with van der Waals surface area (Å²) < 4.78 is 39.2. The second kappa shape index (κ2) is 9.36. The topological polar surface area (TPSA) is 59.8 Å². The van der Waals surface area contributed by atoms with Gasteiger partial charge < -0.3 is 5.32 Å². The Kier molecular flexibility index (Phi) is 6.86. The van der Waals surface area contributed by atoms with Gasteiger partial charge in [0, 0.05) is 10.6 Å². The molecule has 152 valence electrons. The standard InChI is InChI=1S/C19H17F3N4OS2/c1-13-6-8-14(9-7-13)26-12-23-25-18(26)28-10-17(27)24-15-4-2-3-5-16(15)29-11-19(20,21)22/h2-9,12H,10-11H2,1H3,(H,24,27). The van der Waals surface area contributed by atoms with Crippen LogP contribution in [0, 0.1) is 6.92 Å². The van der Waals surface area contributed by atoms with Crippen LogP contribution >= 0.6 is 23.5 Å². The number of nitrogens with zero attached hydrogens (tertiary/aromatic N) is 3. The molecule has 10 heteroatoms. The fourth-order valence-corrected chi connectivity index (χ4v) is 3.87. The van der Waals surface area contributed by atoms with Gasteiger partial charge in [-0.2, -0.15) is 13.2 Å². The molecule has 3 rings (SSSR count). The smallest absolute Gasteiger partial charge is 0.324 e. The molecule has 0 aliphatic rings. The van der Waals surface area contributed by atoms with Crippen molar-refractivity contribution < 1.29 is 18.0 Å². The van der Waals surface area contributed by atoms with Gasteiger partial charge in [-0.1, -0.05) is 41.6 Å². The minimum Gasteiger partial charge on any atom is -0.324 e. The molecule has 29 heavy (non-hydrogen) atoms. The highest BCUT2D eigenvalue weighted by atomic mass is 32.2. The first-order valence-corrected chi connectivity index (χ1v) is 10.5. The fourth-order valence-electron chi connectivity index (χ4n) is 2.38. The molecule has 0 atom stereocenters. The molecule has 5 nitrogen and oxygen atoms in total. The van der Waals surface area contributed by atoms with E-state index < -0.39 is 11.9 Å². The van der Waals surface area contributed by atoms with Crippen LogP contribution in [0.4, 0.5) is 18.9 Å². The first-order valence-electron chi connectivity index (χ1n) is 8.50. The Hall–Kier alpha value is -2.46. The fraction of sp³-hybridized carbons (Fsp3) is 0.211. The zero-order valence-electron chi connectivity index (χ0n) is 15.3. The van der Waals surface area contributed by atoms with Gasteiger partial charge in [0.2, 0.25) is 5.91 Å². The lowest BCUT2D eigenvalue weighted by molar-refractivity contribution is -0.113. The molecule has 0 aliphatic carbocycles. The molecule has 0 spiro atoms. The second-order valence-electron chi connectivity index (χ2n) is 6.06. The van der Waals surface area contributed by atoms with E-state index in [-0.39, 0.29) is 11.7 Å². The Labute approximate surface area is 174 Å². The van der Waals surface area contributed by atoms with Gasteiger partial charge in [0.15, 0.2) is 5.16 Å². The summed E-state index contributed by atoms with van der Waals surface area (Å²) in [5.41, 5.74) is 2.35. The van der Waals surface area contributed by atoms with Crippen LogP contribution in [-0.4, -0.2) is 38.4 Å². The van der Waals surface area contributed by atoms with Crippen molar-refractivity contribution in [2.75, 3.05) is 16.8 Å². The number of alkyl halides is 3. The number of hydrogen-bond acceptors (Lipinski definition) is 5. The van der Waals surface area contributed by atoms with Crippen LogP contribution in [0.1, 0.15) is 5.56 Å². The SMILES string of the molecule is Cc1ccc(-n2cnnc2SCC(=O)Nc2ccccc2SCC(F)(F)F)cc1. The van der Waals surface area contributed by atoms with Crippen molar-refractivity contribution in [2.24, 2.45) is 0 Å². The zero-order valence-corrected chi connectivity index (χ0v) is 16.9. The quantitative estimate of drug-likeness (QED) is 0.529. The van der Waals surface area contributed by atoms with Crippen LogP contribution in [0.3, 0.4) is 0 Å². The van der Waals surface area contributed by atoms with Gasteiger partial charge in [0.1, 0.15) is 6.33 Å². The summed E-state index contributed by atoms with van der Waals surface area (Å²) in [5, 5.41) is 11.1. The Balaban J connectivity index is 1.62. The summed E-state index contributed by atoms with van der Waals surface area (Å²) in [6, 6.07) is 14.2. The van der Waals surface area contributed by atoms with Crippen molar-refractivity contribution in [3.8, 4) is 5.69 Å². The number of aromatic nitrogens is 3. The maximum atomic E-state index is 12.5. The summed E-state index contributed by atoms with van der Waals surface area (Å²) in [6.07, 6.45) is -2.72. The third kappa shape index (κ3) is 6.26. The number of nitrogens with one attached hydrogen (secondary N) is 1. The van der Waals surface area contributed by atoms with Gasteiger partial charge in [0.25, 0.3) is 0 Å². The number of para-hydroxylation sites is 1. The monoisotopic (exact) mass is 438 g/mol. The number of hydrogen-bond donors (Lipinski definition) is 1. The summed E-state index contributed by atoms with van der Waals surface area (Å²) in [6.45, 7) is 1.99. The number of carbonyl (C=O) groups is 1. The molecule has 2 aromatic carbocycles. The predicted octanol–water partition coefficient (Wildman–Crippen LogP) is 4.96. The number of benzene rings is 2. The highest BCUT2D eigenvalue weighted by Crippen LogP contribution is 2.32. The van der Waals surface area contributed by atoms with E-state index in [4.69, 9.17) is 0 Å². The van der Waals surface area contributed by atoms with Crippen LogP contribution in [-0.2, 0) is 4.79 Å². The van der Waals surface area contributed by atoms with Gasteiger partial charge in [0.05, 0.1) is 17.2 Å². The van der Waals surface area contributed by atoms with E-state index in [1.807, 2.05) is 31.2 Å². The molecule has 0 saturated carbocycles. The first-order chi connectivity index (χ1) is 13.8. The molecule has 0 saturated heterocycles. The number of anilines is 1. The number of amides is 1. The Morgan fingerprint density at radius 2 is 1.83 bits per heavy atom. The molecular weight excluding hydrogens is 421 g/mol. The largest absolute Gasteiger partial charge is 0.398 e.